The lowest BCUT2D eigenvalue weighted by Crippen LogP contribution is -2.06. The highest BCUT2D eigenvalue weighted by atomic mass is 16.6. The van der Waals surface area contributed by atoms with Gasteiger partial charge in [-0.05, 0) is 0 Å². The SMILES string of the molecule is COn1c2nc3nc(nc4[nH]c(nc5nc(nc1c1ccccc12)-c1ccccc1-5)c1ccccc41)-c1ccccc1-3. The molecule has 8 bridgehead atoms. The molecular weight excluding hydrogens is 524 g/mol. The fourth-order valence-corrected chi connectivity index (χ4v) is 5.84. The summed E-state index contributed by atoms with van der Waals surface area (Å²) in [5.74, 6) is 2.23. The Bertz CT molecular complexity index is 2260. The number of hydrogen-bond acceptors (Lipinski definition) is 7. The van der Waals surface area contributed by atoms with Crippen molar-refractivity contribution in [1.29, 1.82) is 0 Å². The second-order valence-corrected chi connectivity index (χ2v) is 10.1. The summed E-state index contributed by atoms with van der Waals surface area (Å²) in [6, 6.07) is 32.0. The van der Waals surface area contributed by atoms with Gasteiger partial charge in [-0.3, -0.25) is 0 Å². The Morgan fingerprint density at radius 3 is 1.21 bits per heavy atom. The summed E-state index contributed by atoms with van der Waals surface area (Å²) in [7, 11) is 1.61. The third-order valence-electron chi connectivity index (χ3n) is 7.75. The molecule has 0 fully saturated rings. The highest BCUT2D eigenvalue weighted by molar-refractivity contribution is 6.06. The van der Waals surface area contributed by atoms with Crippen LogP contribution in [0.25, 0.3) is 89.7 Å². The zero-order chi connectivity index (χ0) is 27.8. The van der Waals surface area contributed by atoms with Gasteiger partial charge in [0.1, 0.15) is 18.4 Å². The second-order valence-electron chi connectivity index (χ2n) is 10.1. The number of rotatable bonds is 1. The van der Waals surface area contributed by atoms with Gasteiger partial charge in [0.25, 0.3) is 0 Å². The normalized spacial score (nSPS) is 11.9. The van der Waals surface area contributed by atoms with Crippen LogP contribution in [0.4, 0.5) is 0 Å². The first-order valence-corrected chi connectivity index (χ1v) is 13.5. The Hall–Kier alpha value is -5.96. The Morgan fingerprint density at radius 1 is 0.452 bits per heavy atom. The van der Waals surface area contributed by atoms with E-state index in [4.69, 9.17) is 34.7 Å². The largest absolute Gasteiger partial charge is 0.414 e. The van der Waals surface area contributed by atoms with E-state index in [0.717, 1.165) is 43.8 Å². The van der Waals surface area contributed by atoms with Crippen LogP contribution < -0.4 is 4.84 Å². The number of nitrogens with one attached hydrogen (secondary N) is 1. The molecule has 9 rings (SSSR count). The molecule has 9 nitrogen and oxygen atoms in total. The van der Waals surface area contributed by atoms with Gasteiger partial charge in [-0.25, -0.2) is 29.9 Å². The number of benzene rings is 4. The molecule has 0 saturated heterocycles. The van der Waals surface area contributed by atoms with E-state index >= 15 is 0 Å². The monoisotopic (exact) mass is 544 g/mol. The molecule has 0 aliphatic carbocycles. The summed E-state index contributed by atoms with van der Waals surface area (Å²) in [6.07, 6.45) is 0. The molecule has 3 aromatic heterocycles. The van der Waals surface area contributed by atoms with Crippen LogP contribution in [0.1, 0.15) is 0 Å². The van der Waals surface area contributed by atoms with Crippen molar-refractivity contribution in [3.05, 3.63) is 97.1 Å². The van der Waals surface area contributed by atoms with E-state index in [1.165, 1.54) is 0 Å². The van der Waals surface area contributed by atoms with Gasteiger partial charge in [0.15, 0.2) is 34.6 Å². The van der Waals surface area contributed by atoms with Gasteiger partial charge in [0.2, 0.25) is 0 Å². The highest BCUT2D eigenvalue weighted by Crippen LogP contribution is 2.37. The van der Waals surface area contributed by atoms with Gasteiger partial charge in [-0.15, -0.1) is 4.73 Å². The Morgan fingerprint density at radius 2 is 0.810 bits per heavy atom. The molecule has 0 amide bonds. The molecule has 0 saturated carbocycles. The van der Waals surface area contributed by atoms with Crippen molar-refractivity contribution >= 4 is 44.1 Å². The summed E-state index contributed by atoms with van der Waals surface area (Å²) >= 11 is 0. The van der Waals surface area contributed by atoms with E-state index < -0.39 is 0 Å². The van der Waals surface area contributed by atoms with Crippen LogP contribution in [-0.4, -0.2) is 46.7 Å². The summed E-state index contributed by atoms with van der Waals surface area (Å²) < 4.78 is 1.64. The fourth-order valence-electron chi connectivity index (χ4n) is 5.84. The van der Waals surface area contributed by atoms with Crippen LogP contribution in [0.3, 0.4) is 0 Å². The molecule has 1 N–H and O–H groups in total. The van der Waals surface area contributed by atoms with Gasteiger partial charge in [0.05, 0.1) is 0 Å². The van der Waals surface area contributed by atoms with Gasteiger partial charge in [-0.1, -0.05) is 97.1 Å². The number of hydrogen-bond donors (Lipinski definition) is 1. The number of H-pyrrole nitrogens is 1. The zero-order valence-electron chi connectivity index (χ0n) is 22.3. The molecule has 198 valence electrons. The predicted octanol–water partition coefficient (Wildman–Crippen LogP) is 6.40. The van der Waals surface area contributed by atoms with Crippen molar-refractivity contribution in [1.82, 2.24) is 39.6 Å². The molecule has 7 aromatic rings. The summed E-state index contributed by atoms with van der Waals surface area (Å²) in [5.41, 5.74) is 6.08. The third-order valence-corrected chi connectivity index (χ3v) is 7.75. The van der Waals surface area contributed by atoms with Gasteiger partial charge < -0.3 is 9.82 Å². The number of aromatic nitrogens is 8. The maximum absolute atomic E-state index is 5.92. The summed E-state index contributed by atoms with van der Waals surface area (Å²) in [6.45, 7) is 0. The standard InChI is InChI=1S/C33H20N8O/c1-42-41-32-24-16-8-9-17-25(24)33(41)40-31-23-15-7-5-13-21(23)29(38-31)36-27-19-11-3-2-10-18(19)26(34-27)35-28-20-12-4-6-14-22(20)30(37-28)39-32/h2-17H,1H3,(H,34,35,36,37,38,39,40). The van der Waals surface area contributed by atoms with E-state index in [9.17, 15) is 0 Å². The van der Waals surface area contributed by atoms with Crippen LogP contribution >= 0.6 is 0 Å². The maximum Gasteiger partial charge on any atom is 0.180 e. The summed E-state index contributed by atoms with van der Waals surface area (Å²) in [4.78, 5) is 39.5. The molecule has 4 aromatic carbocycles. The number of nitrogens with zero attached hydrogens (tertiary/aromatic N) is 7. The Kier molecular flexibility index (Phi) is 4.63. The molecule has 0 atom stereocenters. The van der Waals surface area contributed by atoms with Gasteiger partial charge >= 0.3 is 0 Å². The molecule has 2 aliphatic rings. The lowest BCUT2D eigenvalue weighted by molar-refractivity contribution is 0.187. The topological polar surface area (TPSA) is 107 Å². The van der Waals surface area contributed by atoms with Gasteiger partial charge in [0, 0.05) is 43.8 Å². The minimum atomic E-state index is 0.546. The van der Waals surface area contributed by atoms with Crippen LogP contribution in [0.2, 0.25) is 0 Å². The van der Waals surface area contributed by atoms with Crippen LogP contribution in [0, 0.1) is 0 Å². The Balaban J connectivity index is 1.54. The molecule has 5 heterocycles. The van der Waals surface area contributed by atoms with Crippen molar-refractivity contribution in [2.75, 3.05) is 7.11 Å². The van der Waals surface area contributed by atoms with Crippen molar-refractivity contribution in [3.63, 3.8) is 0 Å². The molecule has 0 radical (unpaired) electrons. The first kappa shape index (κ1) is 22.8. The highest BCUT2D eigenvalue weighted by Gasteiger charge is 2.23. The van der Waals surface area contributed by atoms with Crippen molar-refractivity contribution in [2.24, 2.45) is 0 Å². The Labute approximate surface area is 238 Å². The minimum absolute atomic E-state index is 0.546. The smallest absolute Gasteiger partial charge is 0.180 e. The van der Waals surface area contributed by atoms with E-state index in [1.54, 1.807) is 11.8 Å². The van der Waals surface area contributed by atoms with Crippen LogP contribution in [0.15, 0.2) is 97.1 Å². The lowest BCUT2D eigenvalue weighted by Gasteiger charge is -2.02. The minimum Gasteiger partial charge on any atom is -0.414 e. The van der Waals surface area contributed by atoms with Crippen molar-refractivity contribution in [2.45, 2.75) is 0 Å². The first-order valence-electron chi connectivity index (χ1n) is 13.5. The van der Waals surface area contributed by atoms with E-state index in [-0.39, 0.29) is 0 Å². The molecule has 2 aliphatic heterocycles. The summed E-state index contributed by atoms with van der Waals surface area (Å²) in [5, 5.41) is 3.65. The van der Waals surface area contributed by atoms with Crippen LogP contribution in [0.5, 0.6) is 0 Å². The van der Waals surface area contributed by atoms with E-state index in [2.05, 4.69) is 4.98 Å². The second kappa shape index (κ2) is 8.52. The lowest BCUT2D eigenvalue weighted by atomic mass is 10.1. The van der Waals surface area contributed by atoms with E-state index in [1.807, 2.05) is 97.1 Å². The molecule has 9 heteroatoms. The fraction of sp³-hybridized carbons (Fsp3) is 0.0303. The molecular formula is C33H20N8O. The first-order chi connectivity index (χ1) is 20.8. The van der Waals surface area contributed by atoms with Crippen LogP contribution in [-0.2, 0) is 0 Å². The quantitative estimate of drug-likeness (QED) is 0.255. The van der Waals surface area contributed by atoms with Gasteiger partial charge in [-0.2, -0.15) is 0 Å². The molecule has 42 heavy (non-hydrogen) atoms. The number of fused-ring (bicyclic) bond motifs is 20. The number of aromatic amines is 1. The molecule has 0 spiro atoms. The molecule has 0 unspecified atom stereocenters. The van der Waals surface area contributed by atoms with E-state index in [0.29, 0.717) is 45.9 Å². The average molecular weight is 545 g/mol. The third kappa shape index (κ3) is 3.18. The zero-order valence-corrected chi connectivity index (χ0v) is 22.3. The predicted molar refractivity (Wildman–Crippen MR) is 162 cm³/mol. The van der Waals surface area contributed by atoms with Crippen molar-refractivity contribution in [3.8, 4) is 45.6 Å². The van der Waals surface area contributed by atoms with Crippen molar-refractivity contribution < 1.29 is 4.84 Å². The average Bonchev–Trinajstić information content (AvgIpc) is 3.75. The maximum atomic E-state index is 5.92.